The van der Waals surface area contributed by atoms with E-state index in [2.05, 4.69) is 10.6 Å². The van der Waals surface area contributed by atoms with Gasteiger partial charge in [0.15, 0.2) is 0 Å². The number of amides is 2. The van der Waals surface area contributed by atoms with Crippen molar-refractivity contribution in [3.63, 3.8) is 0 Å². The number of hydrogen-bond acceptors (Lipinski definition) is 4. The SMILES string of the molecule is Cc1ccccc1OCCCNC(=O)NCCOCCO. The molecule has 0 bridgehead atoms. The fourth-order valence-corrected chi connectivity index (χ4v) is 1.64. The zero-order chi connectivity index (χ0) is 15.3. The molecule has 0 unspecified atom stereocenters. The minimum absolute atomic E-state index is 0.00686. The fourth-order valence-electron chi connectivity index (χ4n) is 1.64. The molecule has 0 spiro atoms. The van der Waals surface area contributed by atoms with Crippen molar-refractivity contribution >= 4 is 6.03 Å². The summed E-state index contributed by atoms with van der Waals surface area (Å²) in [4.78, 5) is 11.4. The molecule has 0 fully saturated rings. The van der Waals surface area contributed by atoms with Crippen LogP contribution < -0.4 is 15.4 Å². The van der Waals surface area contributed by atoms with Crippen LogP contribution in [0.15, 0.2) is 24.3 Å². The molecule has 0 aromatic heterocycles. The Morgan fingerprint density at radius 2 is 1.90 bits per heavy atom. The van der Waals surface area contributed by atoms with Crippen LogP contribution in [0, 0.1) is 6.92 Å². The average Bonchev–Trinajstić information content (AvgIpc) is 2.48. The van der Waals surface area contributed by atoms with Crippen LogP contribution in [0.2, 0.25) is 0 Å². The van der Waals surface area contributed by atoms with Gasteiger partial charge in [0.25, 0.3) is 0 Å². The van der Waals surface area contributed by atoms with E-state index in [1.165, 1.54) is 0 Å². The predicted molar refractivity (Wildman–Crippen MR) is 80.6 cm³/mol. The summed E-state index contributed by atoms with van der Waals surface area (Å²) < 4.78 is 10.7. The summed E-state index contributed by atoms with van der Waals surface area (Å²) in [6.45, 7) is 4.21. The third-order valence-electron chi connectivity index (χ3n) is 2.73. The van der Waals surface area contributed by atoms with Crippen molar-refractivity contribution in [1.29, 1.82) is 0 Å². The van der Waals surface area contributed by atoms with E-state index in [9.17, 15) is 4.79 Å². The number of aliphatic hydroxyl groups is 1. The number of ether oxygens (including phenoxy) is 2. The lowest BCUT2D eigenvalue weighted by Gasteiger charge is -2.10. The van der Waals surface area contributed by atoms with Gasteiger partial charge in [-0.25, -0.2) is 4.79 Å². The highest BCUT2D eigenvalue weighted by molar-refractivity contribution is 5.73. The maximum Gasteiger partial charge on any atom is 0.314 e. The van der Waals surface area contributed by atoms with Gasteiger partial charge in [0.05, 0.1) is 26.4 Å². The highest BCUT2D eigenvalue weighted by atomic mass is 16.5. The fraction of sp³-hybridized carbons (Fsp3) is 0.533. The van der Waals surface area contributed by atoms with Crippen molar-refractivity contribution in [1.82, 2.24) is 10.6 Å². The van der Waals surface area contributed by atoms with Gasteiger partial charge in [-0.1, -0.05) is 18.2 Å². The number of carbonyl (C=O) groups is 1. The Balaban J connectivity index is 1.99. The summed E-state index contributed by atoms with van der Waals surface area (Å²) >= 11 is 0. The van der Waals surface area contributed by atoms with E-state index in [1.807, 2.05) is 31.2 Å². The van der Waals surface area contributed by atoms with E-state index in [-0.39, 0.29) is 12.6 Å². The van der Waals surface area contributed by atoms with Gasteiger partial charge in [0.1, 0.15) is 5.75 Å². The average molecular weight is 296 g/mol. The molecule has 1 aromatic rings. The summed E-state index contributed by atoms with van der Waals surface area (Å²) in [6, 6.07) is 7.62. The number of nitrogens with one attached hydrogen (secondary N) is 2. The Labute approximate surface area is 125 Å². The zero-order valence-electron chi connectivity index (χ0n) is 12.4. The molecule has 0 heterocycles. The third-order valence-corrected chi connectivity index (χ3v) is 2.73. The monoisotopic (exact) mass is 296 g/mol. The number of rotatable bonds is 10. The number of carbonyl (C=O) groups excluding carboxylic acids is 1. The lowest BCUT2D eigenvalue weighted by atomic mass is 10.2. The zero-order valence-corrected chi connectivity index (χ0v) is 12.4. The second kappa shape index (κ2) is 10.9. The molecule has 0 aliphatic heterocycles. The molecule has 21 heavy (non-hydrogen) atoms. The molecular weight excluding hydrogens is 272 g/mol. The first-order valence-electron chi connectivity index (χ1n) is 7.12. The Hall–Kier alpha value is -1.79. The number of para-hydroxylation sites is 1. The van der Waals surface area contributed by atoms with Crippen LogP contribution in [0.3, 0.4) is 0 Å². The molecule has 0 saturated carbocycles. The van der Waals surface area contributed by atoms with Crippen LogP contribution >= 0.6 is 0 Å². The molecule has 3 N–H and O–H groups in total. The standard InChI is InChI=1S/C15H24N2O4/c1-13-5-2-3-6-14(13)21-10-4-7-16-15(19)17-8-11-20-12-9-18/h2-3,5-6,18H,4,7-12H2,1H3,(H2,16,17,19). The second-order valence-electron chi connectivity index (χ2n) is 4.49. The van der Waals surface area contributed by atoms with Crippen molar-refractivity contribution in [3.8, 4) is 5.75 Å². The van der Waals surface area contributed by atoms with Crippen molar-refractivity contribution in [2.45, 2.75) is 13.3 Å². The van der Waals surface area contributed by atoms with E-state index in [1.54, 1.807) is 0 Å². The molecule has 6 nitrogen and oxygen atoms in total. The van der Waals surface area contributed by atoms with Crippen molar-refractivity contribution in [2.75, 3.05) is 39.5 Å². The largest absolute Gasteiger partial charge is 0.493 e. The van der Waals surface area contributed by atoms with Gasteiger partial charge >= 0.3 is 6.03 Å². The quantitative estimate of drug-likeness (QED) is 0.564. The highest BCUT2D eigenvalue weighted by Crippen LogP contribution is 2.15. The van der Waals surface area contributed by atoms with Crippen molar-refractivity contribution in [2.24, 2.45) is 0 Å². The number of hydrogen-bond donors (Lipinski definition) is 3. The summed E-state index contributed by atoms with van der Waals surface area (Å²) in [6.07, 6.45) is 0.739. The molecular formula is C15H24N2O4. The van der Waals surface area contributed by atoms with Crippen molar-refractivity contribution in [3.05, 3.63) is 29.8 Å². The van der Waals surface area contributed by atoms with E-state index in [0.29, 0.717) is 32.9 Å². The molecule has 0 aliphatic carbocycles. The molecule has 2 amide bonds. The molecule has 0 atom stereocenters. The summed E-state index contributed by atoms with van der Waals surface area (Å²) in [5.41, 5.74) is 1.10. The van der Waals surface area contributed by atoms with Crippen molar-refractivity contribution < 1.29 is 19.4 Å². The molecule has 1 aromatic carbocycles. The minimum atomic E-state index is -0.224. The lowest BCUT2D eigenvalue weighted by Crippen LogP contribution is -2.38. The van der Waals surface area contributed by atoms with Crippen LogP contribution in [0.1, 0.15) is 12.0 Å². The molecule has 0 radical (unpaired) electrons. The first-order valence-corrected chi connectivity index (χ1v) is 7.12. The number of urea groups is 1. The van der Waals surface area contributed by atoms with Gasteiger partial charge < -0.3 is 25.2 Å². The van der Waals surface area contributed by atoms with Crippen LogP contribution in [0.25, 0.3) is 0 Å². The Bertz CT molecular complexity index is 412. The molecule has 6 heteroatoms. The first kappa shape index (κ1) is 17.3. The maximum absolute atomic E-state index is 11.4. The summed E-state index contributed by atoms with van der Waals surface area (Å²) in [7, 11) is 0. The van der Waals surface area contributed by atoms with Gasteiger partial charge in [-0.3, -0.25) is 0 Å². The maximum atomic E-state index is 11.4. The Morgan fingerprint density at radius 3 is 2.67 bits per heavy atom. The number of benzene rings is 1. The van der Waals surface area contributed by atoms with Crippen LogP contribution in [0.4, 0.5) is 4.79 Å². The Morgan fingerprint density at radius 1 is 1.14 bits per heavy atom. The van der Waals surface area contributed by atoms with Gasteiger partial charge in [0.2, 0.25) is 0 Å². The third kappa shape index (κ3) is 8.16. The van der Waals surface area contributed by atoms with E-state index in [0.717, 1.165) is 17.7 Å². The smallest absolute Gasteiger partial charge is 0.314 e. The normalized spacial score (nSPS) is 10.2. The molecule has 0 aliphatic rings. The number of aliphatic hydroxyl groups excluding tert-OH is 1. The van der Waals surface area contributed by atoms with Crippen LogP contribution in [-0.2, 0) is 4.74 Å². The topological polar surface area (TPSA) is 79.8 Å². The van der Waals surface area contributed by atoms with Gasteiger partial charge in [-0.15, -0.1) is 0 Å². The van der Waals surface area contributed by atoms with Crippen LogP contribution in [0.5, 0.6) is 5.75 Å². The first-order chi connectivity index (χ1) is 10.2. The summed E-state index contributed by atoms with van der Waals surface area (Å²) in [5, 5.41) is 13.9. The lowest BCUT2D eigenvalue weighted by molar-refractivity contribution is 0.0947. The molecule has 1 rings (SSSR count). The minimum Gasteiger partial charge on any atom is -0.493 e. The Kier molecular flexibility index (Phi) is 8.99. The van der Waals surface area contributed by atoms with Gasteiger partial charge in [-0.2, -0.15) is 0 Å². The predicted octanol–water partition coefficient (Wildman–Crippen LogP) is 1.07. The number of aryl methyl sites for hydroxylation is 1. The second-order valence-corrected chi connectivity index (χ2v) is 4.49. The van der Waals surface area contributed by atoms with Gasteiger partial charge in [-0.05, 0) is 25.0 Å². The van der Waals surface area contributed by atoms with E-state index >= 15 is 0 Å². The van der Waals surface area contributed by atoms with Crippen LogP contribution in [-0.4, -0.2) is 50.7 Å². The van der Waals surface area contributed by atoms with E-state index in [4.69, 9.17) is 14.6 Å². The van der Waals surface area contributed by atoms with Gasteiger partial charge in [0, 0.05) is 13.1 Å². The summed E-state index contributed by atoms with van der Waals surface area (Å²) in [5.74, 6) is 0.878. The van der Waals surface area contributed by atoms with E-state index < -0.39 is 0 Å². The highest BCUT2D eigenvalue weighted by Gasteiger charge is 2.00. The molecule has 118 valence electrons. The molecule has 0 saturated heterocycles.